The maximum Gasteiger partial charge on any atom is 0.186 e. The molecule has 0 saturated heterocycles. The van der Waals surface area contributed by atoms with Gasteiger partial charge in [-0.05, 0) is 33.7 Å². The molecule has 4 nitrogen and oxygen atoms in total. The minimum atomic E-state index is -0.424. The third-order valence-corrected chi connectivity index (χ3v) is 4.47. The van der Waals surface area contributed by atoms with Crippen molar-refractivity contribution in [2.24, 2.45) is 0 Å². The number of aliphatic hydroxyl groups is 2. The molecule has 4 aromatic carbocycles. The van der Waals surface area contributed by atoms with E-state index in [9.17, 15) is 10.2 Å². The monoisotopic (exact) mass is 346 g/mol. The van der Waals surface area contributed by atoms with Crippen molar-refractivity contribution in [1.29, 1.82) is 0 Å². The van der Waals surface area contributed by atoms with Gasteiger partial charge in [0, 0.05) is 11.1 Å². The summed E-state index contributed by atoms with van der Waals surface area (Å²) < 4.78 is 11.0. The molecule has 0 saturated carbocycles. The summed E-state index contributed by atoms with van der Waals surface area (Å²) in [7, 11) is 0. The Morgan fingerprint density at radius 3 is 1.38 bits per heavy atom. The lowest BCUT2D eigenvalue weighted by atomic mass is 9.92. The van der Waals surface area contributed by atoms with Crippen molar-refractivity contribution in [2.75, 3.05) is 13.6 Å². The van der Waals surface area contributed by atoms with Gasteiger partial charge in [0.2, 0.25) is 0 Å². The first kappa shape index (κ1) is 16.4. The highest BCUT2D eigenvalue weighted by Gasteiger charge is 2.18. The quantitative estimate of drug-likeness (QED) is 0.529. The molecule has 0 amide bonds. The fourth-order valence-electron chi connectivity index (χ4n) is 3.40. The standard InChI is InChI=1S/C22H18O4/c23-13-25-19-11-9-15-5-1-3-7-17(15)21(19)22-18-8-4-2-6-16(18)10-12-20(22)26-14-24/h1-12,23-24H,13-14H2. The summed E-state index contributed by atoms with van der Waals surface area (Å²) >= 11 is 0. The highest BCUT2D eigenvalue weighted by molar-refractivity contribution is 6.09. The summed E-state index contributed by atoms with van der Waals surface area (Å²) in [6, 6.07) is 23.6. The SMILES string of the molecule is OCOc1ccc2ccccc2c1-c1c(OCO)ccc2ccccc12. The van der Waals surface area contributed by atoms with Crippen LogP contribution in [0.5, 0.6) is 11.5 Å². The van der Waals surface area contributed by atoms with E-state index in [1.807, 2.05) is 72.8 Å². The van der Waals surface area contributed by atoms with Crippen molar-refractivity contribution in [3.05, 3.63) is 72.8 Å². The number of hydrogen-bond acceptors (Lipinski definition) is 4. The lowest BCUT2D eigenvalue weighted by molar-refractivity contribution is 0.0971. The van der Waals surface area contributed by atoms with Crippen LogP contribution in [0.15, 0.2) is 72.8 Å². The molecular formula is C22H18O4. The smallest absolute Gasteiger partial charge is 0.186 e. The average Bonchev–Trinajstić information content (AvgIpc) is 2.69. The molecule has 0 fully saturated rings. The van der Waals surface area contributed by atoms with Gasteiger partial charge in [0.15, 0.2) is 13.6 Å². The second-order valence-corrected chi connectivity index (χ2v) is 5.87. The van der Waals surface area contributed by atoms with Crippen LogP contribution < -0.4 is 9.47 Å². The predicted molar refractivity (Wildman–Crippen MR) is 102 cm³/mol. The van der Waals surface area contributed by atoms with Gasteiger partial charge in [0.25, 0.3) is 0 Å². The predicted octanol–water partition coefficient (Wildman–Crippen LogP) is 4.32. The molecule has 4 heteroatoms. The first-order valence-corrected chi connectivity index (χ1v) is 8.34. The summed E-state index contributed by atoms with van der Waals surface area (Å²) in [5.74, 6) is 1.12. The number of rotatable bonds is 5. The maximum absolute atomic E-state index is 9.36. The average molecular weight is 346 g/mol. The molecule has 26 heavy (non-hydrogen) atoms. The maximum atomic E-state index is 9.36. The number of aliphatic hydroxyl groups excluding tert-OH is 2. The molecule has 0 aromatic heterocycles. The van der Waals surface area contributed by atoms with Crippen molar-refractivity contribution in [3.8, 4) is 22.6 Å². The van der Waals surface area contributed by atoms with Gasteiger partial charge in [-0.25, -0.2) is 0 Å². The van der Waals surface area contributed by atoms with E-state index in [0.29, 0.717) is 11.5 Å². The van der Waals surface area contributed by atoms with Gasteiger partial charge >= 0.3 is 0 Å². The molecule has 0 radical (unpaired) electrons. The van der Waals surface area contributed by atoms with Gasteiger partial charge in [0.05, 0.1) is 0 Å². The summed E-state index contributed by atoms with van der Waals surface area (Å²) in [5.41, 5.74) is 1.66. The third-order valence-electron chi connectivity index (χ3n) is 4.47. The molecule has 0 heterocycles. The fourth-order valence-corrected chi connectivity index (χ4v) is 3.40. The van der Waals surface area contributed by atoms with Crippen molar-refractivity contribution in [1.82, 2.24) is 0 Å². The number of hydrogen-bond donors (Lipinski definition) is 2. The van der Waals surface area contributed by atoms with Gasteiger partial charge in [-0.3, -0.25) is 0 Å². The lowest BCUT2D eigenvalue weighted by Gasteiger charge is -2.18. The van der Waals surface area contributed by atoms with Crippen molar-refractivity contribution < 1.29 is 19.7 Å². The summed E-state index contributed by atoms with van der Waals surface area (Å²) in [5, 5.41) is 22.8. The van der Waals surface area contributed by atoms with Crippen LogP contribution in [-0.4, -0.2) is 23.8 Å². The molecule has 0 aliphatic carbocycles. The van der Waals surface area contributed by atoms with Gasteiger partial charge < -0.3 is 19.7 Å². The first-order valence-electron chi connectivity index (χ1n) is 8.34. The minimum absolute atomic E-state index is 0.424. The highest BCUT2D eigenvalue weighted by atomic mass is 16.6. The zero-order chi connectivity index (χ0) is 17.9. The Kier molecular flexibility index (Phi) is 4.44. The Hall–Kier alpha value is -3.08. The largest absolute Gasteiger partial charge is 0.467 e. The highest BCUT2D eigenvalue weighted by Crippen LogP contribution is 2.45. The summed E-state index contributed by atoms with van der Waals surface area (Å²) in [6.07, 6.45) is 0. The second-order valence-electron chi connectivity index (χ2n) is 5.87. The van der Waals surface area contributed by atoms with Crippen LogP contribution in [-0.2, 0) is 0 Å². The Balaban J connectivity index is 2.15. The van der Waals surface area contributed by atoms with E-state index in [1.165, 1.54) is 0 Å². The molecule has 0 aliphatic heterocycles. The zero-order valence-corrected chi connectivity index (χ0v) is 14.1. The molecule has 4 aromatic rings. The Morgan fingerprint density at radius 1 is 0.538 bits per heavy atom. The molecule has 130 valence electrons. The topological polar surface area (TPSA) is 58.9 Å². The molecule has 4 rings (SSSR count). The number of ether oxygens (including phenoxy) is 2. The van der Waals surface area contributed by atoms with Crippen LogP contribution in [0.3, 0.4) is 0 Å². The summed E-state index contributed by atoms with van der Waals surface area (Å²) in [4.78, 5) is 0. The van der Waals surface area contributed by atoms with Crippen LogP contribution >= 0.6 is 0 Å². The molecule has 0 aliphatic rings. The first-order chi connectivity index (χ1) is 12.8. The van der Waals surface area contributed by atoms with E-state index < -0.39 is 13.6 Å². The molecule has 0 bridgehead atoms. The van der Waals surface area contributed by atoms with Crippen molar-refractivity contribution >= 4 is 21.5 Å². The molecular weight excluding hydrogens is 328 g/mol. The van der Waals surface area contributed by atoms with E-state index >= 15 is 0 Å². The normalized spacial score (nSPS) is 11.0. The second kappa shape index (κ2) is 7.04. The molecule has 0 atom stereocenters. The molecule has 2 N–H and O–H groups in total. The number of benzene rings is 4. The Bertz CT molecular complexity index is 985. The van der Waals surface area contributed by atoms with Crippen molar-refractivity contribution in [3.63, 3.8) is 0 Å². The fraction of sp³-hybridized carbons (Fsp3) is 0.0909. The van der Waals surface area contributed by atoms with Crippen LogP contribution in [0.4, 0.5) is 0 Å². The Labute approximate surface area is 150 Å². The molecule has 0 spiro atoms. The zero-order valence-electron chi connectivity index (χ0n) is 14.1. The Morgan fingerprint density at radius 2 is 0.962 bits per heavy atom. The van der Waals surface area contributed by atoms with Gasteiger partial charge in [0.1, 0.15) is 11.5 Å². The lowest BCUT2D eigenvalue weighted by Crippen LogP contribution is -2.01. The van der Waals surface area contributed by atoms with E-state index in [1.54, 1.807) is 0 Å². The minimum Gasteiger partial charge on any atom is -0.467 e. The van der Waals surface area contributed by atoms with Crippen LogP contribution in [0.2, 0.25) is 0 Å². The van der Waals surface area contributed by atoms with Gasteiger partial charge in [-0.2, -0.15) is 0 Å². The van der Waals surface area contributed by atoms with E-state index in [2.05, 4.69) is 0 Å². The van der Waals surface area contributed by atoms with Gasteiger partial charge in [-0.15, -0.1) is 0 Å². The third kappa shape index (κ3) is 2.75. The van der Waals surface area contributed by atoms with Crippen LogP contribution in [0.25, 0.3) is 32.7 Å². The molecule has 0 unspecified atom stereocenters. The van der Waals surface area contributed by atoms with Crippen LogP contribution in [0.1, 0.15) is 0 Å². The van der Waals surface area contributed by atoms with Crippen LogP contribution in [0, 0.1) is 0 Å². The van der Waals surface area contributed by atoms with E-state index in [0.717, 1.165) is 32.7 Å². The number of fused-ring (bicyclic) bond motifs is 2. The summed E-state index contributed by atoms with van der Waals surface area (Å²) in [6.45, 7) is -0.849. The van der Waals surface area contributed by atoms with Gasteiger partial charge in [-0.1, -0.05) is 60.7 Å². The van der Waals surface area contributed by atoms with E-state index in [4.69, 9.17) is 9.47 Å². The van der Waals surface area contributed by atoms with E-state index in [-0.39, 0.29) is 0 Å². The van der Waals surface area contributed by atoms with Crippen molar-refractivity contribution in [2.45, 2.75) is 0 Å².